The molecule has 5 heteroatoms. The van der Waals surface area contributed by atoms with Crippen molar-refractivity contribution < 1.29 is 4.74 Å². The summed E-state index contributed by atoms with van der Waals surface area (Å²) in [6, 6.07) is 15.7. The topological polar surface area (TPSA) is 15.7 Å². The van der Waals surface area contributed by atoms with E-state index in [2.05, 4.69) is 16.4 Å². The fourth-order valence-corrected chi connectivity index (χ4v) is 3.59. The maximum atomic E-state index is 6.31. The molecule has 0 saturated carbocycles. The second-order valence-corrected chi connectivity index (χ2v) is 7.66. The van der Waals surface area contributed by atoms with E-state index in [0.717, 1.165) is 60.4 Å². The third-order valence-corrected chi connectivity index (χ3v) is 5.39. The number of piperazine rings is 1. The molecule has 1 aliphatic rings. The molecule has 1 saturated heterocycles. The Morgan fingerprint density at radius 3 is 1.81 bits per heavy atom. The quantitative estimate of drug-likeness (QED) is 0.581. The van der Waals surface area contributed by atoms with Gasteiger partial charge in [0.15, 0.2) is 0 Å². The SMILES string of the molecule is C=CCN1CCN(CCOC(c2ccc(Cl)cc2)c2ccc(Cl)cc2)CC1. The van der Waals surface area contributed by atoms with E-state index in [1.54, 1.807) is 0 Å². The summed E-state index contributed by atoms with van der Waals surface area (Å²) >= 11 is 12.1. The number of rotatable bonds is 8. The lowest BCUT2D eigenvalue weighted by molar-refractivity contribution is 0.0467. The van der Waals surface area contributed by atoms with Gasteiger partial charge in [0.05, 0.1) is 6.61 Å². The highest BCUT2D eigenvalue weighted by molar-refractivity contribution is 6.30. The van der Waals surface area contributed by atoms with Gasteiger partial charge < -0.3 is 4.74 Å². The number of ether oxygens (including phenoxy) is 1. The van der Waals surface area contributed by atoms with Crippen molar-refractivity contribution in [2.24, 2.45) is 0 Å². The first kappa shape index (κ1) is 20.4. The monoisotopic (exact) mass is 404 g/mol. The molecule has 0 aromatic heterocycles. The molecular weight excluding hydrogens is 379 g/mol. The minimum Gasteiger partial charge on any atom is -0.367 e. The number of benzene rings is 2. The third-order valence-electron chi connectivity index (χ3n) is 4.89. The Balaban J connectivity index is 1.59. The van der Waals surface area contributed by atoms with Crippen LogP contribution in [0.2, 0.25) is 10.0 Å². The molecule has 2 aromatic carbocycles. The number of halogens is 2. The maximum absolute atomic E-state index is 6.31. The Bertz CT molecular complexity index is 665. The molecule has 1 heterocycles. The lowest BCUT2D eigenvalue weighted by atomic mass is 10.0. The maximum Gasteiger partial charge on any atom is 0.108 e. The largest absolute Gasteiger partial charge is 0.367 e. The summed E-state index contributed by atoms with van der Waals surface area (Å²) in [5.74, 6) is 0. The van der Waals surface area contributed by atoms with Gasteiger partial charge in [0, 0.05) is 49.3 Å². The molecule has 0 spiro atoms. The Labute approximate surface area is 172 Å². The summed E-state index contributed by atoms with van der Waals surface area (Å²) in [7, 11) is 0. The molecule has 0 N–H and O–H groups in total. The van der Waals surface area contributed by atoms with Gasteiger partial charge in [-0.25, -0.2) is 0 Å². The first-order valence-corrected chi connectivity index (χ1v) is 10.1. The van der Waals surface area contributed by atoms with Crippen molar-refractivity contribution in [3.8, 4) is 0 Å². The molecule has 3 rings (SSSR count). The van der Waals surface area contributed by atoms with Crippen LogP contribution < -0.4 is 0 Å². The van der Waals surface area contributed by atoms with Crippen molar-refractivity contribution >= 4 is 23.2 Å². The van der Waals surface area contributed by atoms with E-state index in [1.165, 1.54) is 0 Å². The van der Waals surface area contributed by atoms with E-state index in [4.69, 9.17) is 27.9 Å². The average molecular weight is 405 g/mol. The smallest absolute Gasteiger partial charge is 0.108 e. The van der Waals surface area contributed by atoms with E-state index < -0.39 is 0 Å². The molecule has 1 aliphatic heterocycles. The first-order valence-electron chi connectivity index (χ1n) is 9.34. The predicted molar refractivity (Wildman–Crippen MR) is 114 cm³/mol. The minimum absolute atomic E-state index is 0.124. The number of hydrogen-bond acceptors (Lipinski definition) is 3. The third kappa shape index (κ3) is 6.06. The van der Waals surface area contributed by atoms with Gasteiger partial charge in [0.25, 0.3) is 0 Å². The van der Waals surface area contributed by atoms with Crippen molar-refractivity contribution in [2.75, 3.05) is 45.9 Å². The minimum atomic E-state index is -0.124. The zero-order chi connectivity index (χ0) is 19.1. The number of hydrogen-bond donors (Lipinski definition) is 0. The van der Waals surface area contributed by atoms with Crippen LogP contribution in [0.4, 0.5) is 0 Å². The standard InChI is InChI=1S/C22H26Cl2N2O/c1-2-11-25-12-14-26(15-13-25)16-17-27-22(18-3-7-20(23)8-4-18)19-5-9-21(24)10-6-19/h2-10,22H,1,11-17H2. The van der Waals surface area contributed by atoms with Gasteiger partial charge in [-0.3, -0.25) is 9.80 Å². The van der Waals surface area contributed by atoms with Gasteiger partial charge in [0.2, 0.25) is 0 Å². The van der Waals surface area contributed by atoms with E-state index in [0.29, 0.717) is 6.61 Å². The predicted octanol–water partition coefficient (Wildman–Crippen LogP) is 4.90. The van der Waals surface area contributed by atoms with Gasteiger partial charge in [-0.15, -0.1) is 6.58 Å². The Kier molecular flexibility index (Phi) is 7.74. The molecule has 0 bridgehead atoms. The molecule has 0 unspecified atom stereocenters. The average Bonchev–Trinajstić information content (AvgIpc) is 2.69. The van der Waals surface area contributed by atoms with Crippen molar-refractivity contribution in [3.63, 3.8) is 0 Å². The zero-order valence-electron chi connectivity index (χ0n) is 15.5. The lowest BCUT2D eigenvalue weighted by Gasteiger charge is -2.34. The van der Waals surface area contributed by atoms with Crippen LogP contribution in [0.25, 0.3) is 0 Å². The van der Waals surface area contributed by atoms with E-state index >= 15 is 0 Å². The normalized spacial score (nSPS) is 16.0. The summed E-state index contributed by atoms with van der Waals surface area (Å²) < 4.78 is 6.31. The highest BCUT2D eigenvalue weighted by Crippen LogP contribution is 2.28. The second-order valence-electron chi connectivity index (χ2n) is 6.78. The Hall–Kier alpha value is -1.36. The van der Waals surface area contributed by atoms with Crippen molar-refractivity contribution in [2.45, 2.75) is 6.10 Å². The summed E-state index contributed by atoms with van der Waals surface area (Å²) in [5, 5.41) is 1.46. The van der Waals surface area contributed by atoms with Crippen LogP contribution in [-0.2, 0) is 4.74 Å². The highest BCUT2D eigenvalue weighted by Gasteiger charge is 2.18. The zero-order valence-corrected chi connectivity index (χ0v) is 17.0. The van der Waals surface area contributed by atoms with Crippen LogP contribution in [0.15, 0.2) is 61.2 Å². The Morgan fingerprint density at radius 2 is 1.33 bits per heavy atom. The van der Waals surface area contributed by atoms with Crippen LogP contribution >= 0.6 is 23.2 Å². The van der Waals surface area contributed by atoms with Crippen LogP contribution in [0, 0.1) is 0 Å². The van der Waals surface area contributed by atoms with Gasteiger partial charge in [-0.1, -0.05) is 53.5 Å². The first-order chi connectivity index (χ1) is 13.2. The van der Waals surface area contributed by atoms with Crippen LogP contribution in [0.3, 0.4) is 0 Å². The summed E-state index contributed by atoms with van der Waals surface area (Å²) in [5.41, 5.74) is 2.19. The van der Waals surface area contributed by atoms with Crippen LogP contribution in [0.1, 0.15) is 17.2 Å². The van der Waals surface area contributed by atoms with Crippen molar-refractivity contribution in [1.82, 2.24) is 9.80 Å². The number of nitrogens with zero attached hydrogens (tertiary/aromatic N) is 2. The van der Waals surface area contributed by atoms with E-state index in [-0.39, 0.29) is 6.10 Å². The van der Waals surface area contributed by atoms with Crippen LogP contribution in [-0.4, -0.2) is 55.7 Å². The summed E-state index contributed by atoms with van der Waals surface area (Å²) in [4.78, 5) is 4.88. The van der Waals surface area contributed by atoms with Crippen molar-refractivity contribution in [3.05, 3.63) is 82.4 Å². The molecule has 0 aliphatic carbocycles. The molecule has 0 radical (unpaired) electrons. The van der Waals surface area contributed by atoms with Gasteiger partial charge >= 0.3 is 0 Å². The summed E-state index contributed by atoms with van der Waals surface area (Å²) in [6.07, 6.45) is 1.85. The molecule has 2 aromatic rings. The fraction of sp³-hybridized carbons (Fsp3) is 0.364. The molecule has 144 valence electrons. The van der Waals surface area contributed by atoms with Gasteiger partial charge in [0.1, 0.15) is 6.10 Å². The summed E-state index contributed by atoms with van der Waals surface area (Å²) in [6.45, 7) is 10.7. The second kappa shape index (κ2) is 10.3. The molecule has 3 nitrogen and oxygen atoms in total. The van der Waals surface area contributed by atoms with Gasteiger partial charge in [-0.05, 0) is 35.4 Å². The van der Waals surface area contributed by atoms with Crippen molar-refractivity contribution in [1.29, 1.82) is 0 Å². The molecule has 1 fully saturated rings. The fourth-order valence-electron chi connectivity index (χ4n) is 3.34. The molecular formula is C22H26Cl2N2O. The molecule has 0 amide bonds. The highest BCUT2D eigenvalue weighted by atomic mass is 35.5. The van der Waals surface area contributed by atoms with Crippen LogP contribution in [0.5, 0.6) is 0 Å². The van der Waals surface area contributed by atoms with E-state index in [1.807, 2.05) is 54.6 Å². The van der Waals surface area contributed by atoms with Gasteiger partial charge in [-0.2, -0.15) is 0 Å². The molecule has 27 heavy (non-hydrogen) atoms. The van der Waals surface area contributed by atoms with E-state index in [9.17, 15) is 0 Å². The lowest BCUT2D eigenvalue weighted by Crippen LogP contribution is -2.47. The Morgan fingerprint density at radius 1 is 0.852 bits per heavy atom. The molecule has 0 atom stereocenters.